The van der Waals surface area contributed by atoms with Gasteiger partial charge in [-0.3, -0.25) is 4.99 Å². The highest BCUT2D eigenvalue weighted by molar-refractivity contribution is 5.77. The molecular weight excluding hydrogens is 182 g/mol. The first kappa shape index (κ1) is 23.8. The van der Waals surface area contributed by atoms with Gasteiger partial charge in [-0.25, -0.2) is 0 Å². The van der Waals surface area contributed by atoms with Crippen LogP contribution in [0, 0.1) is 0 Å². The molecule has 0 bridgehead atoms. The first-order valence-corrected chi connectivity index (χ1v) is 5.99. The van der Waals surface area contributed by atoms with Crippen LogP contribution in [0.25, 0.3) is 0 Å². The van der Waals surface area contributed by atoms with Crippen LogP contribution < -0.4 is 0 Å². The van der Waals surface area contributed by atoms with Gasteiger partial charge in [0.1, 0.15) is 0 Å². The fourth-order valence-electron chi connectivity index (χ4n) is 0.287. The molecule has 0 saturated heterocycles. The van der Waals surface area contributed by atoms with E-state index in [1.807, 2.05) is 68.4 Å². The highest BCUT2D eigenvalue weighted by Gasteiger charge is 1.76. The Hall–Kier alpha value is -0.850. The van der Waals surface area contributed by atoms with Crippen LogP contribution in [0.4, 0.5) is 0 Å². The van der Waals surface area contributed by atoms with E-state index in [2.05, 4.69) is 11.6 Å². The van der Waals surface area contributed by atoms with Gasteiger partial charge in [-0.2, -0.15) is 0 Å². The molecule has 0 N–H and O–H groups in total. The zero-order valence-corrected chi connectivity index (χ0v) is 12.3. The molecule has 0 radical (unpaired) electrons. The second-order valence-electron chi connectivity index (χ2n) is 2.03. The molecule has 0 aliphatic heterocycles. The van der Waals surface area contributed by atoms with E-state index in [4.69, 9.17) is 0 Å². The van der Waals surface area contributed by atoms with E-state index in [1.54, 1.807) is 6.21 Å². The monoisotopic (exact) mass is 213 g/mol. The number of aliphatic imine (C=N–C) groups is 1. The van der Waals surface area contributed by atoms with E-state index in [0.717, 1.165) is 11.3 Å². The molecule has 0 aliphatic carbocycles. The van der Waals surface area contributed by atoms with Gasteiger partial charge in [-0.15, -0.1) is 0 Å². The molecule has 15 heavy (non-hydrogen) atoms. The van der Waals surface area contributed by atoms with E-state index < -0.39 is 0 Å². The van der Waals surface area contributed by atoms with E-state index in [-0.39, 0.29) is 0 Å². The van der Waals surface area contributed by atoms with Crippen LogP contribution in [0.2, 0.25) is 0 Å². The van der Waals surface area contributed by atoms with Crippen molar-refractivity contribution in [2.24, 2.45) is 4.99 Å². The largest absolute Gasteiger partial charge is 0.262 e. The summed E-state index contributed by atoms with van der Waals surface area (Å²) in [5, 5.41) is 0. The summed E-state index contributed by atoms with van der Waals surface area (Å²) in [6, 6.07) is 0. The summed E-state index contributed by atoms with van der Waals surface area (Å²) in [5.74, 6) is 0. The smallest absolute Gasteiger partial charge is 0.0330 e. The Morgan fingerprint density at radius 2 is 1.27 bits per heavy atom. The molecule has 0 amide bonds. The number of hydrogen-bond acceptors (Lipinski definition) is 1. The highest BCUT2D eigenvalue weighted by atomic mass is 14.7. The third-order valence-electron chi connectivity index (χ3n) is 0.906. The van der Waals surface area contributed by atoms with E-state index in [0.29, 0.717) is 0 Å². The summed E-state index contributed by atoms with van der Waals surface area (Å²) in [6.45, 7) is 21.5. The lowest BCUT2D eigenvalue weighted by Crippen LogP contribution is -1.74. The maximum atomic E-state index is 4.08. The maximum Gasteiger partial charge on any atom is 0.0330 e. The predicted octanol–water partition coefficient (Wildman–Crippen LogP) is 5.64. The molecule has 1 nitrogen and oxygen atoms in total. The molecule has 0 rings (SSSR count). The number of hydrogen-bond donors (Lipinski definition) is 0. The topological polar surface area (TPSA) is 12.4 Å². The molecule has 0 aromatic rings. The molecule has 0 aromatic heterocycles. The van der Waals surface area contributed by atoms with E-state index >= 15 is 0 Å². The standard InChI is InChI=1S/C8H13N.3C2H6/c1-5-8(4)9-6-7(2)3;3*1-2/h5-6H,2H2,1,3-4H3;3*1-2H3/b8-5-,9-6?;;;. The van der Waals surface area contributed by atoms with Gasteiger partial charge in [-0.05, 0) is 26.3 Å². The molecule has 0 aromatic carbocycles. The Balaban J connectivity index is -0.0000000860. The Labute approximate surface area is 98.0 Å². The van der Waals surface area contributed by atoms with Crippen LogP contribution in [0.15, 0.2) is 28.9 Å². The maximum absolute atomic E-state index is 4.08. The SMILES string of the molecule is C=C(C)C=N/C(C)=C\C.CC.CC.CC. The predicted molar refractivity (Wildman–Crippen MR) is 76.8 cm³/mol. The van der Waals surface area contributed by atoms with Crippen molar-refractivity contribution >= 4 is 6.21 Å². The second-order valence-corrected chi connectivity index (χ2v) is 2.03. The zero-order valence-electron chi connectivity index (χ0n) is 12.3. The molecule has 0 atom stereocenters. The average molecular weight is 213 g/mol. The summed E-state index contributed by atoms with van der Waals surface area (Å²) in [5.41, 5.74) is 2.01. The Morgan fingerprint density at radius 1 is 0.933 bits per heavy atom. The van der Waals surface area contributed by atoms with Crippen molar-refractivity contribution in [3.8, 4) is 0 Å². The van der Waals surface area contributed by atoms with Crippen LogP contribution in [-0.4, -0.2) is 6.21 Å². The normalized spacial score (nSPS) is 8.73. The van der Waals surface area contributed by atoms with Crippen LogP contribution in [0.5, 0.6) is 0 Å². The van der Waals surface area contributed by atoms with Crippen molar-refractivity contribution in [3.63, 3.8) is 0 Å². The number of nitrogens with zero attached hydrogens (tertiary/aromatic N) is 1. The quantitative estimate of drug-likeness (QED) is 0.527. The van der Waals surface area contributed by atoms with Gasteiger partial charge < -0.3 is 0 Å². The molecule has 1 heteroatoms. The average Bonchev–Trinajstić information content (AvgIpc) is 2.33. The number of rotatable bonds is 2. The summed E-state index contributed by atoms with van der Waals surface area (Å²) in [4.78, 5) is 4.08. The molecule has 0 spiro atoms. The molecular formula is C14H31N. The number of allylic oxidation sites excluding steroid dienone is 3. The molecule has 0 fully saturated rings. The van der Waals surface area contributed by atoms with Gasteiger partial charge >= 0.3 is 0 Å². The van der Waals surface area contributed by atoms with Crippen molar-refractivity contribution in [3.05, 3.63) is 23.9 Å². The van der Waals surface area contributed by atoms with Crippen molar-refractivity contribution in [1.82, 2.24) is 0 Å². The van der Waals surface area contributed by atoms with Crippen LogP contribution in [0.1, 0.15) is 62.3 Å². The third-order valence-corrected chi connectivity index (χ3v) is 0.906. The van der Waals surface area contributed by atoms with Crippen molar-refractivity contribution < 1.29 is 0 Å². The minimum absolute atomic E-state index is 0.983. The van der Waals surface area contributed by atoms with Crippen LogP contribution in [0.3, 0.4) is 0 Å². The molecule has 0 saturated carbocycles. The summed E-state index contributed by atoms with van der Waals surface area (Å²) in [6.07, 6.45) is 3.72. The summed E-state index contributed by atoms with van der Waals surface area (Å²) in [7, 11) is 0. The first-order valence-electron chi connectivity index (χ1n) is 5.99. The highest BCUT2D eigenvalue weighted by Crippen LogP contribution is 1.92. The fourth-order valence-corrected chi connectivity index (χ4v) is 0.287. The van der Waals surface area contributed by atoms with Gasteiger partial charge in [0.05, 0.1) is 0 Å². The van der Waals surface area contributed by atoms with E-state index in [1.165, 1.54) is 0 Å². The molecule has 92 valence electrons. The Morgan fingerprint density at radius 3 is 1.47 bits per heavy atom. The molecule has 0 heterocycles. The first-order chi connectivity index (χ1) is 7.16. The van der Waals surface area contributed by atoms with Gasteiger partial charge in [0, 0.05) is 11.9 Å². The Bertz CT molecular complexity index is 153. The van der Waals surface area contributed by atoms with Crippen LogP contribution in [-0.2, 0) is 0 Å². The van der Waals surface area contributed by atoms with Gasteiger partial charge in [-0.1, -0.05) is 54.2 Å². The fraction of sp³-hybridized carbons (Fsp3) is 0.643. The van der Waals surface area contributed by atoms with Gasteiger partial charge in [0.2, 0.25) is 0 Å². The van der Waals surface area contributed by atoms with Crippen molar-refractivity contribution in [2.45, 2.75) is 62.3 Å². The minimum atomic E-state index is 0.983. The van der Waals surface area contributed by atoms with Crippen molar-refractivity contribution in [2.75, 3.05) is 0 Å². The third kappa shape index (κ3) is 43.2. The van der Waals surface area contributed by atoms with E-state index in [9.17, 15) is 0 Å². The second kappa shape index (κ2) is 29.2. The lowest BCUT2D eigenvalue weighted by Gasteiger charge is -1.87. The van der Waals surface area contributed by atoms with Crippen molar-refractivity contribution in [1.29, 1.82) is 0 Å². The Kier molecular flexibility index (Phi) is 46.3. The van der Waals surface area contributed by atoms with Gasteiger partial charge in [0.15, 0.2) is 0 Å². The lowest BCUT2D eigenvalue weighted by atomic mass is 10.4. The van der Waals surface area contributed by atoms with Gasteiger partial charge in [0.25, 0.3) is 0 Å². The zero-order chi connectivity index (χ0) is 13.3. The molecule has 0 unspecified atom stereocenters. The summed E-state index contributed by atoms with van der Waals surface area (Å²) < 4.78 is 0. The summed E-state index contributed by atoms with van der Waals surface area (Å²) >= 11 is 0. The van der Waals surface area contributed by atoms with Crippen LogP contribution >= 0.6 is 0 Å². The lowest BCUT2D eigenvalue weighted by molar-refractivity contribution is 1.29. The molecule has 0 aliphatic rings. The minimum Gasteiger partial charge on any atom is -0.262 e.